The molecule has 9 nitrogen and oxygen atoms in total. The number of nitrogens with zero attached hydrogens (tertiary/aromatic N) is 3. The van der Waals surface area contributed by atoms with E-state index in [2.05, 4.69) is 9.97 Å². The zero-order chi connectivity index (χ0) is 15.1. The normalized spacial score (nSPS) is 25.5. The van der Waals surface area contributed by atoms with Crippen molar-refractivity contribution in [3.05, 3.63) is 18.1 Å². The van der Waals surface area contributed by atoms with Gasteiger partial charge < -0.3 is 30.4 Å². The standard InChI is InChI=1S/C12H14N4O5/c13-10-9-5(12(19)20)2-16(11(9)15-4-14-10)8-1-6(18)7(3-17)21-8/h2,4,6-8,17-18H,1,3H2,(H,19,20)(H2,13,14,15)/t6-,7+,8+/m0/s1. The lowest BCUT2D eigenvalue weighted by atomic mass is 10.2. The first kappa shape index (κ1) is 13.7. The number of hydrogen-bond donors (Lipinski definition) is 4. The highest BCUT2D eigenvalue weighted by Crippen LogP contribution is 2.33. The molecule has 1 aliphatic heterocycles. The number of nitrogens with two attached hydrogens (primary N) is 1. The molecule has 1 aliphatic rings. The van der Waals surface area contributed by atoms with Gasteiger partial charge in [-0.25, -0.2) is 14.8 Å². The minimum absolute atomic E-state index is 0.0337. The third kappa shape index (κ3) is 2.11. The van der Waals surface area contributed by atoms with Crippen LogP contribution < -0.4 is 5.73 Å². The molecule has 3 heterocycles. The third-order valence-corrected chi connectivity index (χ3v) is 3.56. The van der Waals surface area contributed by atoms with E-state index in [1.807, 2.05) is 0 Å². The van der Waals surface area contributed by atoms with E-state index in [0.29, 0.717) is 5.65 Å². The first-order valence-electron chi connectivity index (χ1n) is 6.31. The average molecular weight is 294 g/mol. The fraction of sp³-hybridized carbons (Fsp3) is 0.417. The van der Waals surface area contributed by atoms with Crippen LogP contribution in [0.1, 0.15) is 23.0 Å². The number of nitrogen functional groups attached to an aromatic ring is 1. The summed E-state index contributed by atoms with van der Waals surface area (Å²) in [6.45, 7) is -0.320. The van der Waals surface area contributed by atoms with Crippen LogP contribution in [-0.2, 0) is 4.74 Å². The Labute approximate surface area is 118 Å². The van der Waals surface area contributed by atoms with Gasteiger partial charge in [0.05, 0.1) is 23.7 Å². The Morgan fingerprint density at radius 1 is 1.52 bits per heavy atom. The van der Waals surface area contributed by atoms with Gasteiger partial charge in [0.2, 0.25) is 0 Å². The van der Waals surface area contributed by atoms with Gasteiger partial charge in [0.25, 0.3) is 0 Å². The second-order valence-corrected chi connectivity index (χ2v) is 4.83. The summed E-state index contributed by atoms with van der Waals surface area (Å²) >= 11 is 0. The SMILES string of the molecule is Nc1ncnc2c1c(C(=O)O)cn2[C@H]1C[C@H](O)[C@@H](CO)O1. The van der Waals surface area contributed by atoms with Crippen molar-refractivity contribution < 1.29 is 24.9 Å². The maximum absolute atomic E-state index is 11.3. The lowest BCUT2D eigenvalue weighted by Crippen LogP contribution is -2.24. The van der Waals surface area contributed by atoms with E-state index in [1.165, 1.54) is 17.1 Å². The number of aliphatic hydroxyl groups is 2. The molecule has 5 N–H and O–H groups in total. The predicted molar refractivity (Wildman–Crippen MR) is 70.5 cm³/mol. The maximum atomic E-state index is 11.3. The zero-order valence-electron chi connectivity index (χ0n) is 10.9. The van der Waals surface area contributed by atoms with Gasteiger partial charge in [-0.15, -0.1) is 0 Å². The Kier molecular flexibility index (Phi) is 3.24. The average Bonchev–Trinajstić information content (AvgIpc) is 3.00. The summed E-state index contributed by atoms with van der Waals surface area (Å²) in [5.41, 5.74) is 6.01. The monoisotopic (exact) mass is 294 g/mol. The van der Waals surface area contributed by atoms with E-state index >= 15 is 0 Å². The molecule has 0 saturated carbocycles. The molecule has 3 rings (SSSR count). The van der Waals surface area contributed by atoms with Crippen molar-refractivity contribution in [2.75, 3.05) is 12.3 Å². The Hall–Kier alpha value is -2.23. The van der Waals surface area contributed by atoms with Crippen molar-refractivity contribution in [2.45, 2.75) is 24.9 Å². The van der Waals surface area contributed by atoms with Crippen LogP contribution >= 0.6 is 0 Å². The fourth-order valence-electron chi connectivity index (χ4n) is 2.54. The highest BCUT2D eigenvalue weighted by molar-refractivity contribution is 6.06. The third-order valence-electron chi connectivity index (χ3n) is 3.56. The Morgan fingerprint density at radius 3 is 2.90 bits per heavy atom. The van der Waals surface area contributed by atoms with Gasteiger partial charge >= 0.3 is 5.97 Å². The Balaban J connectivity index is 2.12. The van der Waals surface area contributed by atoms with E-state index in [-0.39, 0.29) is 29.8 Å². The molecular weight excluding hydrogens is 280 g/mol. The first-order valence-corrected chi connectivity index (χ1v) is 6.31. The summed E-state index contributed by atoms with van der Waals surface area (Å²) in [7, 11) is 0. The highest BCUT2D eigenvalue weighted by atomic mass is 16.5. The van der Waals surface area contributed by atoms with E-state index in [4.69, 9.17) is 15.6 Å². The summed E-state index contributed by atoms with van der Waals surface area (Å²) < 4.78 is 7.01. The molecule has 0 aliphatic carbocycles. The van der Waals surface area contributed by atoms with Crippen LogP contribution in [0.4, 0.5) is 5.82 Å². The van der Waals surface area contributed by atoms with Gasteiger partial charge in [-0.05, 0) is 0 Å². The van der Waals surface area contributed by atoms with Crippen LogP contribution in [0.3, 0.4) is 0 Å². The maximum Gasteiger partial charge on any atom is 0.338 e. The van der Waals surface area contributed by atoms with Gasteiger partial charge in [0, 0.05) is 12.6 Å². The predicted octanol–water partition coefficient (Wildman–Crippen LogP) is -0.648. The number of fused-ring (bicyclic) bond motifs is 1. The smallest absolute Gasteiger partial charge is 0.338 e. The molecule has 3 atom stereocenters. The summed E-state index contributed by atoms with van der Waals surface area (Å²) in [5.74, 6) is -1.09. The minimum atomic E-state index is -1.16. The number of carboxylic acids is 1. The topological polar surface area (TPSA) is 144 Å². The van der Waals surface area contributed by atoms with E-state index in [1.54, 1.807) is 0 Å². The molecule has 2 aromatic heterocycles. The number of carbonyl (C=O) groups is 1. The van der Waals surface area contributed by atoms with Crippen LogP contribution in [-0.4, -0.2) is 54.6 Å². The minimum Gasteiger partial charge on any atom is -0.478 e. The molecule has 1 saturated heterocycles. The molecule has 0 amide bonds. The molecule has 1 fully saturated rings. The Morgan fingerprint density at radius 2 is 2.29 bits per heavy atom. The van der Waals surface area contributed by atoms with Crippen LogP contribution in [0.15, 0.2) is 12.5 Å². The molecule has 21 heavy (non-hydrogen) atoms. The molecule has 112 valence electrons. The number of rotatable bonds is 3. The highest BCUT2D eigenvalue weighted by Gasteiger charge is 2.36. The summed E-state index contributed by atoms with van der Waals surface area (Å²) in [6.07, 6.45) is 0.647. The van der Waals surface area contributed by atoms with Crippen molar-refractivity contribution in [3.8, 4) is 0 Å². The van der Waals surface area contributed by atoms with Crippen molar-refractivity contribution >= 4 is 22.8 Å². The molecule has 0 aromatic carbocycles. The van der Waals surface area contributed by atoms with Crippen molar-refractivity contribution in [1.29, 1.82) is 0 Å². The van der Waals surface area contributed by atoms with Gasteiger partial charge in [0.15, 0.2) is 0 Å². The van der Waals surface area contributed by atoms with Crippen LogP contribution in [0, 0.1) is 0 Å². The Bertz CT molecular complexity index is 700. The molecule has 0 bridgehead atoms. The first-order chi connectivity index (χ1) is 10.0. The second kappa shape index (κ2) is 4.95. The number of aromatic carboxylic acids is 1. The second-order valence-electron chi connectivity index (χ2n) is 4.83. The number of hydrogen-bond acceptors (Lipinski definition) is 7. The molecular formula is C12H14N4O5. The van der Waals surface area contributed by atoms with Crippen LogP contribution in [0.25, 0.3) is 11.0 Å². The van der Waals surface area contributed by atoms with Crippen molar-refractivity contribution in [1.82, 2.24) is 14.5 Å². The quantitative estimate of drug-likeness (QED) is 0.584. The lowest BCUT2D eigenvalue weighted by Gasteiger charge is -2.14. The van der Waals surface area contributed by atoms with Crippen molar-refractivity contribution in [2.24, 2.45) is 0 Å². The summed E-state index contributed by atoms with van der Waals surface area (Å²) in [4.78, 5) is 19.2. The zero-order valence-corrected chi connectivity index (χ0v) is 10.9. The number of ether oxygens (including phenoxy) is 1. The molecule has 9 heteroatoms. The van der Waals surface area contributed by atoms with Gasteiger partial charge in [-0.3, -0.25) is 0 Å². The van der Waals surface area contributed by atoms with E-state index in [0.717, 1.165) is 0 Å². The van der Waals surface area contributed by atoms with Crippen LogP contribution in [0.2, 0.25) is 0 Å². The van der Waals surface area contributed by atoms with Crippen LogP contribution in [0.5, 0.6) is 0 Å². The van der Waals surface area contributed by atoms with Gasteiger partial charge in [-0.1, -0.05) is 0 Å². The fourth-order valence-corrected chi connectivity index (χ4v) is 2.54. The molecule has 0 radical (unpaired) electrons. The summed E-state index contributed by atoms with van der Waals surface area (Å²) in [6, 6.07) is 0. The number of aliphatic hydroxyl groups excluding tert-OH is 2. The molecule has 0 spiro atoms. The van der Waals surface area contributed by atoms with Gasteiger partial charge in [-0.2, -0.15) is 0 Å². The van der Waals surface area contributed by atoms with E-state index in [9.17, 15) is 15.0 Å². The van der Waals surface area contributed by atoms with Gasteiger partial charge in [0.1, 0.15) is 30.1 Å². The largest absolute Gasteiger partial charge is 0.478 e. The molecule has 2 aromatic rings. The van der Waals surface area contributed by atoms with E-state index < -0.39 is 24.4 Å². The molecule has 0 unspecified atom stereocenters. The van der Waals surface area contributed by atoms with Crippen molar-refractivity contribution in [3.63, 3.8) is 0 Å². The number of aromatic nitrogens is 3. The lowest BCUT2D eigenvalue weighted by molar-refractivity contribution is -0.0430. The number of carboxylic acid groups (broad SMARTS) is 1. The summed E-state index contributed by atoms with van der Waals surface area (Å²) in [5, 5.41) is 28.4. The number of anilines is 1.